The zero-order chi connectivity index (χ0) is 11.1. The van der Waals surface area contributed by atoms with Crippen molar-refractivity contribution in [2.24, 2.45) is 5.41 Å². The van der Waals surface area contributed by atoms with Gasteiger partial charge in [0.05, 0.1) is 0 Å². The molecule has 90 valence electrons. The van der Waals surface area contributed by atoms with Gasteiger partial charge in [-0.1, -0.05) is 12.8 Å². The third-order valence-corrected chi connectivity index (χ3v) is 4.10. The molecule has 0 saturated heterocycles. The molecule has 1 N–H and O–H groups in total. The normalized spacial score (nSPS) is 21.8. The van der Waals surface area contributed by atoms with Crippen molar-refractivity contribution in [1.82, 2.24) is 5.32 Å². The average Bonchev–Trinajstić information content (AvgIpc) is 2.73. The number of halogens is 1. The van der Waals surface area contributed by atoms with Gasteiger partial charge in [-0.2, -0.15) is 0 Å². The summed E-state index contributed by atoms with van der Waals surface area (Å²) in [6.45, 7) is 4.12. The van der Waals surface area contributed by atoms with Gasteiger partial charge in [0, 0.05) is 32.2 Å². The Kier molecular flexibility index (Phi) is 5.95. The first-order valence-corrected chi connectivity index (χ1v) is 6.54. The molecule has 1 rings (SSSR count). The van der Waals surface area contributed by atoms with Gasteiger partial charge < -0.3 is 10.1 Å². The Hall–Kier alpha value is 0.210. The number of nitrogens with one attached hydrogen (secondary N) is 1. The van der Waals surface area contributed by atoms with Crippen LogP contribution in [0.15, 0.2) is 0 Å². The summed E-state index contributed by atoms with van der Waals surface area (Å²) in [5.74, 6) is 0.803. The minimum atomic E-state index is 0.378. The van der Waals surface area contributed by atoms with Crippen LogP contribution in [0.4, 0.5) is 0 Å². The second kappa shape index (κ2) is 6.72. The van der Waals surface area contributed by atoms with Crippen molar-refractivity contribution >= 4 is 11.6 Å². The molecule has 1 fully saturated rings. The fraction of sp³-hybridized carbons (Fsp3) is 1.00. The van der Waals surface area contributed by atoms with Crippen molar-refractivity contribution < 1.29 is 4.74 Å². The molecule has 1 aliphatic rings. The van der Waals surface area contributed by atoms with E-state index in [0.717, 1.165) is 25.5 Å². The third kappa shape index (κ3) is 4.29. The van der Waals surface area contributed by atoms with Gasteiger partial charge in [-0.05, 0) is 31.6 Å². The van der Waals surface area contributed by atoms with Gasteiger partial charge in [0.2, 0.25) is 0 Å². The van der Waals surface area contributed by atoms with E-state index >= 15 is 0 Å². The molecule has 0 amide bonds. The van der Waals surface area contributed by atoms with E-state index in [-0.39, 0.29) is 0 Å². The Morgan fingerprint density at radius 1 is 1.40 bits per heavy atom. The molecule has 0 spiro atoms. The summed E-state index contributed by atoms with van der Waals surface area (Å²) < 4.78 is 5.07. The van der Waals surface area contributed by atoms with Crippen LogP contribution in [0.3, 0.4) is 0 Å². The summed E-state index contributed by atoms with van der Waals surface area (Å²) >= 11 is 6.09. The van der Waals surface area contributed by atoms with Gasteiger partial charge in [-0.15, -0.1) is 11.6 Å². The highest BCUT2D eigenvalue weighted by Gasteiger charge is 2.32. The third-order valence-electron chi connectivity index (χ3n) is 3.53. The number of methoxy groups -OCH3 is 1. The predicted molar refractivity (Wildman–Crippen MR) is 65.6 cm³/mol. The van der Waals surface area contributed by atoms with Crippen molar-refractivity contribution in [3.05, 3.63) is 0 Å². The molecule has 3 heteroatoms. The van der Waals surface area contributed by atoms with Crippen LogP contribution in [-0.4, -0.2) is 32.2 Å². The summed E-state index contributed by atoms with van der Waals surface area (Å²) in [5.41, 5.74) is 0.378. The van der Waals surface area contributed by atoms with Gasteiger partial charge in [-0.25, -0.2) is 0 Å². The second-order valence-electron chi connectivity index (χ2n) is 4.90. The summed E-state index contributed by atoms with van der Waals surface area (Å²) in [5, 5.41) is 3.59. The van der Waals surface area contributed by atoms with E-state index in [2.05, 4.69) is 12.2 Å². The molecule has 0 heterocycles. The molecule has 0 aliphatic heterocycles. The summed E-state index contributed by atoms with van der Waals surface area (Å²) in [4.78, 5) is 0. The average molecular weight is 234 g/mol. The molecule has 0 aromatic rings. The van der Waals surface area contributed by atoms with E-state index in [1.165, 1.54) is 25.7 Å². The largest absolute Gasteiger partial charge is 0.385 e. The fourth-order valence-electron chi connectivity index (χ4n) is 2.27. The number of alkyl halides is 1. The van der Waals surface area contributed by atoms with Gasteiger partial charge >= 0.3 is 0 Å². The maximum absolute atomic E-state index is 6.09. The second-order valence-corrected chi connectivity index (χ2v) is 5.17. The van der Waals surface area contributed by atoms with Gasteiger partial charge in [0.25, 0.3) is 0 Å². The van der Waals surface area contributed by atoms with Crippen LogP contribution >= 0.6 is 11.6 Å². The summed E-state index contributed by atoms with van der Waals surface area (Å²) in [7, 11) is 1.75. The highest BCUT2D eigenvalue weighted by molar-refractivity contribution is 6.18. The number of hydrogen-bond donors (Lipinski definition) is 1. The quantitative estimate of drug-likeness (QED) is 0.683. The Morgan fingerprint density at radius 3 is 2.60 bits per heavy atom. The molecule has 1 unspecified atom stereocenters. The van der Waals surface area contributed by atoms with Crippen molar-refractivity contribution in [2.75, 3.05) is 26.1 Å². The Labute approximate surface area is 98.7 Å². The molecular formula is C12H24ClNO. The Morgan fingerprint density at radius 2 is 2.07 bits per heavy atom. The standard InChI is InChI=1S/C12H24ClNO/c1-11(5-8-15-2)14-10-12(9-13)6-3-4-7-12/h11,14H,3-10H2,1-2H3. The van der Waals surface area contributed by atoms with Crippen LogP contribution in [0, 0.1) is 5.41 Å². The Bertz CT molecular complexity index is 169. The minimum absolute atomic E-state index is 0.378. The molecule has 1 saturated carbocycles. The minimum Gasteiger partial charge on any atom is -0.385 e. The van der Waals surface area contributed by atoms with Gasteiger partial charge in [-0.3, -0.25) is 0 Å². The highest BCUT2D eigenvalue weighted by atomic mass is 35.5. The van der Waals surface area contributed by atoms with Crippen molar-refractivity contribution in [1.29, 1.82) is 0 Å². The van der Waals surface area contributed by atoms with Gasteiger partial charge in [0.1, 0.15) is 0 Å². The van der Waals surface area contributed by atoms with Gasteiger partial charge in [0.15, 0.2) is 0 Å². The highest BCUT2D eigenvalue weighted by Crippen LogP contribution is 2.38. The smallest absolute Gasteiger partial charge is 0.0476 e. The first kappa shape index (κ1) is 13.3. The molecule has 2 nitrogen and oxygen atoms in total. The van der Waals surface area contributed by atoms with Crippen LogP contribution in [-0.2, 0) is 4.74 Å². The van der Waals surface area contributed by atoms with Crippen LogP contribution in [0.25, 0.3) is 0 Å². The summed E-state index contributed by atoms with van der Waals surface area (Å²) in [6, 6.07) is 0.533. The van der Waals surface area contributed by atoms with Crippen LogP contribution in [0.1, 0.15) is 39.0 Å². The molecule has 0 radical (unpaired) electrons. The van der Waals surface area contributed by atoms with E-state index in [4.69, 9.17) is 16.3 Å². The Balaban J connectivity index is 2.21. The zero-order valence-corrected chi connectivity index (χ0v) is 10.8. The van der Waals surface area contributed by atoms with Crippen LogP contribution in [0.2, 0.25) is 0 Å². The fourth-order valence-corrected chi connectivity index (χ4v) is 2.63. The van der Waals surface area contributed by atoms with E-state index in [1.54, 1.807) is 7.11 Å². The number of rotatable bonds is 7. The van der Waals surface area contributed by atoms with Crippen molar-refractivity contribution in [2.45, 2.75) is 45.1 Å². The number of hydrogen-bond acceptors (Lipinski definition) is 2. The van der Waals surface area contributed by atoms with Crippen LogP contribution < -0.4 is 5.32 Å². The molecule has 15 heavy (non-hydrogen) atoms. The first-order chi connectivity index (χ1) is 7.22. The molecule has 0 aromatic heterocycles. The lowest BCUT2D eigenvalue weighted by Gasteiger charge is -2.28. The first-order valence-electron chi connectivity index (χ1n) is 6.01. The maximum atomic E-state index is 6.09. The lowest BCUT2D eigenvalue weighted by Crippen LogP contribution is -2.38. The monoisotopic (exact) mass is 233 g/mol. The summed E-state index contributed by atoms with van der Waals surface area (Å²) in [6.07, 6.45) is 6.36. The molecule has 1 aliphatic carbocycles. The van der Waals surface area contributed by atoms with E-state index in [0.29, 0.717) is 11.5 Å². The zero-order valence-electron chi connectivity index (χ0n) is 10.0. The molecule has 1 atom stereocenters. The molecular weight excluding hydrogens is 210 g/mol. The van der Waals surface area contributed by atoms with Crippen LogP contribution in [0.5, 0.6) is 0 Å². The molecule has 0 aromatic carbocycles. The topological polar surface area (TPSA) is 21.3 Å². The number of ether oxygens (including phenoxy) is 1. The maximum Gasteiger partial charge on any atom is 0.0476 e. The van der Waals surface area contributed by atoms with Crippen molar-refractivity contribution in [3.8, 4) is 0 Å². The lowest BCUT2D eigenvalue weighted by atomic mass is 9.88. The predicted octanol–water partition coefficient (Wildman–Crippen LogP) is 2.80. The van der Waals surface area contributed by atoms with E-state index in [1.807, 2.05) is 0 Å². The van der Waals surface area contributed by atoms with E-state index in [9.17, 15) is 0 Å². The van der Waals surface area contributed by atoms with E-state index < -0.39 is 0 Å². The molecule has 0 bridgehead atoms. The lowest BCUT2D eigenvalue weighted by molar-refractivity contribution is 0.181. The van der Waals surface area contributed by atoms with Crippen molar-refractivity contribution in [3.63, 3.8) is 0 Å². The SMILES string of the molecule is COCCC(C)NCC1(CCl)CCCC1.